The smallest absolute Gasteiger partial charge is 0.319 e. The summed E-state index contributed by atoms with van der Waals surface area (Å²) >= 11 is 7.47. The van der Waals surface area contributed by atoms with Crippen LogP contribution in [0.5, 0.6) is 0 Å². The number of rotatable bonds is 3. The van der Waals surface area contributed by atoms with E-state index in [4.69, 9.17) is 11.6 Å². The maximum Gasteiger partial charge on any atom is 0.319 e. The van der Waals surface area contributed by atoms with Gasteiger partial charge in [0.05, 0.1) is 5.69 Å². The van der Waals surface area contributed by atoms with E-state index in [0.29, 0.717) is 11.1 Å². The van der Waals surface area contributed by atoms with Gasteiger partial charge in [0.1, 0.15) is 0 Å². The van der Waals surface area contributed by atoms with E-state index in [1.165, 1.54) is 0 Å². The molecule has 0 radical (unpaired) electrons. The van der Waals surface area contributed by atoms with Crippen molar-refractivity contribution >= 4 is 35.1 Å². The first-order chi connectivity index (χ1) is 7.69. The molecule has 2 amide bonds. The third-order valence-corrected chi connectivity index (χ3v) is 3.35. The van der Waals surface area contributed by atoms with E-state index in [1.807, 2.05) is 18.4 Å². The summed E-state index contributed by atoms with van der Waals surface area (Å²) in [5, 5.41) is 6.31. The third-order valence-electron chi connectivity index (χ3n) is 2.32. The largest absolute Gasteiger partial charge is 0.335 e. The number of hydrogen-bond acceptors (Lipinski definition) is 2. The van der Waals surface area contributed by atoms with Crippen LogP contribution in [-0.4, -0.2) is 18.3 Å². The zero-order valence-corrected chi connectivity index (χ0v) is 10.5. The van der Waals surface area contributed by atoms with Gasteiger partial charge < -0.3 is 10.6 Å². The van der Waals surface area contributed by atoms with Crippen molar-refractivity contribution in [1.82, 2.24) is 5.32 Å². The molecular weight excluding hydrogens is 244 g/mol. The monoisotopic (exact) mass is 256 g/mol. The maximum absolute atomic E-state index is 11.6. The number of carbonyl (C=O) groups excluding carboxylic acids is 1. The van der Waals surface area contributed by atoms with Crippen molar-refractivity contribution in [2.75, 3.05) is 11.6 Å². The van der Waals surface area contributed by atoms with Gasteiger partial charge in [-0.3, -0.25) is 0 Å². The lowest BCUT2D eigenvalue weighted by atomic mass is 10.3. The lowest BCUT2D eigenvalue weighted by Crippen LogP contribution is -2.30. The first-order valence-electron chi connectivity index (χ1n) is 5.10. The van der Waals surface area contributed by atoms with E-state index < -0.39 is 0 Å². The zero-order chi connectivity index (χ0) is 11.5. The van der Waals surface area contributed by atoms with Gasteiger partial charge in [-0.05, 0) is 37.3 Å². The summed E-state index contributed by atoms with van der Waals surface area (Å²) in [5.74, 6) is 0. The molecule has 0 aliphatic heterocycles. The molecule has 86 valence electrons. The van der Waals surface area contributed by atoms with Crippen molar-refractivity contribution in [3.05, 3.63) is 23.2 Å². The number of anilines is 1. The molecule has 5 heteroatoms. The molecule has 0 unspecified atom stereocenters. The van der Waals surface area contributed by atoms with E-state index >= 15 is 0 Å². The highest BCUT2D eigenvalue weighted by Crippen LogP contribution is 2.28. The second-order valence-corrected chi connectivity index (χ2v) is 5.00. The van der Waals surface area contributed by atoms with E-state index in [1.54, 1.807) is 17.8 Å². The summed E-state index contributed by atoms with van der Waals surface area (Å²) in [6.45, 7) is 0. The maximum atomic E-state index is 11.6. The van der Waals surface area contributed by atoms with E-state index in [2.05, 4.69) is 10.6 Å². The Hall–Kier alpha value is -0.870. The van der Waals surface area contributed by atoms with Crippen LogP contribution in [0.3, 0.4) is 0 Å². The summed E-state index contributed by atoms with van der Waals surface area (Å²) < 4.78 is 0. The molecule has 0 atom stereocenters. The molecule has 1 aromatic carbocycles. The van der Waals surface area contributed by atoms with Gasteiger partial charge >= 0.3 is 6.03 Å². The lowest BCUT2D eigenvalue weighted by molar-refractivity contribution is 0.251. The van der Waals surface area contributed by atoms with Crippen LogP contribution < -0.4 is 10.6 Å². The molecule has 2 N–H and O–H groups in total. The number of urea groups is 1. The van der Waals surface area contributed by atoms with Crippen molar-refractivity contribution in [2.24, 2.45) is 0 Å². The molecule has 0 spiro atoms. The van der Waals surface area contributed by atoms with Crippen LogP contribution in [0, 0.1) is 0 Å². The van der Waals surface area contributed by atoms with Crippen molar-refractivity contribution in [1.29, 1.82) is 0 Å². The first kappa shape index (κ1) is 11.6. The molecule has 1 aromatic rings. The van der Waals surface area contributed by atoms with Gasteiger partial charge in [0.2, 0.25) is 0 Å². The summed E-state index contributed by atoms with van der Waals surface area (Å²) in [6, 6.07) is 5.69. The number of thioether (sulfide) groups is 1. The SMILES string of the molecule is CSc1ccc(Cl)cc1NC(=O)NC1CC1. The Kier molecular flexibility index (Phi) is 3.61. The van der Waals surface area contributed by atoms with Crippen LogP contribution in [0.25, 0.3) is 0 Å². The number of amides is 2. The van der Waals surface area contributed by atoms with Crippen LogP contribution in [0.2, 0.25) is 5.02 Å². The summed E-state index contributed by atoms with van der Waals surface area (Å²) in [4.78, 5) is 12.6. The molecule has 3 nitrogen and oxygen atoms in total. The van der Waals surface area contributed by atoms with Crippen molar-refractivity contribution in [3.63, 3.8) is 0 Å². The molecule has 1 aliphatic rings. The third kappa shape index (κ3) is 3.06. The molecule has 0 aromatic heterocycles. The molecule has 0 bridgehead atoms. The summed E-state index contributed by atoms with van der Waals surface area (Å²) in [5.41, 5.74) is 0.762. The Balaban J connectivity index is 2.05. The molecule has 1 saturated carbocycles. The Morgan fingerprint density at radius 1 is 1.50 bits per heavy atom. The normalized spacial score (nSPS) is 14.6. The van der Waals surface area contributed by atoms with Gasteiger partial charge in [0.25, 0.3) is 0 Å². The van der Waals surface area contributed by atoms with Gasteiger partial charge in [0.15, 0.2) is 0 Å². The second kappa shape index (κ2) is 4.97. The van der Waals surface area contributed by atoms with E-state index in [-0.39, 0.29) is 6.03 Å². The fourth-order valence-corrected chi connectivity index (χ4v) is 2.06. The minimum Gasteiger partial charge on any atom is -0.335 e. The highest BCUT2D eigenvalue weighted by atomic mass is 35.5. The van der Waals surface area contributed by atoms with Gasteiger partial charge in [-0.25, -0.2) is 4.79 Å². The van der Waals surface area contributed by atoms with Crippen LogP contribution in [0.15, 0.2) is 23.1 Å². The highest BCUT2D eigenvalue weighted by molar-refractivity contribution is 7.98. The highest BCUT2D eigenvalue weighted by Gasteiger charge is 2.23. The number of nitrogens with one attached hydrogen (secondary N) is 2. The number of carbonyl (C=O) groups is 1. The predicted octanol–water partition coefficient (Wildman–Crippen LogP) is 3.35. The first-order valence-corrected chi connectivity index (χ1v) is 6.70. The fourth-order valence-electron chi connectivity index (χ4n) is 1.35. The molecule has 1 aliphatic carbocycles. The van der Waals surface area contributed by atoms with Gasteiger partial charge in [-0.2, -0.15) is 0 Å². The Morgan fingerprint density at radius 3 is 2.88 bits per heavy atom. The molecule has 0 heterocycles. The zero-order valence-electron chi connectivity index (χ0n) is 8.92. The molecular formula is C11H13ClN2OS. The summed E-state index contributed by atoms with van der Waals surface area (Å²) in [7, 11) is 0. The van der Waals surface area contributed by atoms with E-state index in [0.717, 1.165) is 23.4 Å². The number of hydrogen-bond donors (Lipinski definition) is 2. The van der Waals surface area contributed by atoms with Gasteiger partial charge in [0, 0.05) is 16.0 Å². The van der Waals surface area contributed by atoms with Crippen LogP contribution in [0.1, 0.15) is 12.8 Å². The Labute approximate surface area is 104 Å². The average molecular weight is 257 g/mol. The molecule has 2 rings (SSSR count). The number of benzene rings is 1. The minimum atomic E-state index is -0.153. The molecule has 16 heavy (non-hydrogen) atoms. The molecule has 0 saturated heterocycles. The lowest BCUT2D eigenvalue weighted by Gasteiger charge is -2.10. The quantitative estimate of drug-likeness (QED) is 0.815. The summed E-state index contributed by atoms with van der Waals surface area (Å²) in [6.07, 6.45) is 4.13. The average Bonchev–Trinajstić information content (AvgIpc) is 3.02. The predicted molar refractivity (Wildman–Crippen MR) is 68.4 cm³/mol. The Morgan fingerprint density at radius 2 is 2.25 bits per heavy atom. The number of halogens is 1. The van der Waals surface area contributed by atoms with Crippen molar-refractivity contribution in [3.8, 4) is 0 Å². The van der Waals surface area contributed by atoms with Crippen LogP contribution in [-0.2, 0) is 0 Å². The molecule has 1 fully saturated rings. The topological polar surface area (TPSA) is 41.1 Å². The van der Waals surface area contributed by atoms with Crippen LogP contribution in [0.4, 0.5) is 10.5 Å². The van der Waals surface area contributed by atoms with Crippen molar-refractivity contribution < 1.29 is 4.79 Å². The van der Waals surface area contributed by atoms with Gasteiger partial charge in [-0.1, -0.05) is 11.6 Å². The standard InChI is InChI=1S/C11H13ClN2OS/c1-16-10-5-2-7(12)6-9(10)14-11(15)13-8-3-4-8/h2,5-6,8H,3-4H2,1H3,(H2,13,14,15). The fraction of sp³-hybridized carbons (Fsp3) is 0.364. The van der Waals surface area contributed by atoms with Gasteiger partial charge in [-0.15, -0.1) is 11.8 Å². The van der Waals surface area contributed by atoms with E-state index in [9.17, 15) is 4.79 Å². The Bertz CT molecular complexity index is 407. The van der Waals surface area contributed by atoms with Crippen molar-refractivity contribution in [2.45, 2.75) is 23.8 Å². The second-order valence-electron chi connectivity index (χ2n) is 3.72. The minimum absolute atomic E-state index is 0.153. The van der Waals surface area contributed by atoms with Crippen LogP contribution >= 0.6 is 23.4 Å².